The zero-order chi connectivity index (χ0) is 10.6. The molecular formula is C11H20N2O. The van der Waals surface area contributed by atoms with Crippen molar-refractivity contribution in [1.29, 1.82) is 0 Å². The Morgan fingerprint density at radius 3 is 2.86 bits per heavy atom. The van der Waals surface area contributed by atoms with E-state index in [0.717, 1.165) is 19.5 Å². The van der Waals surface area contributed by atoms with Crippen molar-refractivity contribution in [2.75, 3.05) is 19.6 Å². The largest absolute Gasteiger partial charge is 0.339 e. The molecule has 1 fully saturated rings. The van der Waals surface area contributed by atoms with Crippen molar-refractivity contribution < 1.29 is 4.79 Å². The molecule has 0 aliphatic carbocycles. The number of nitrogens with zero attached hydrogens (tertiary/aromatic N) is 1. The van der Waals surface area contributed by atoms with E-state index in [1.54, 1.807) is 6.08 Å². The van der Waals surface area contributed by atoms with E-state index >= 15 is 0 Å². The summed E-state index contributed by atoms with van der Waals surface area (Å²) in [7, 11) is 0. The van der Waals surface area contributed by atoms with Crippen LogP contribution in [0.3, 0.4) is 0 Å². The molecule has 0 saturated carbocycles. The van der Waals surface area contributed by atoms with Gasteiger partial charge in [-0.15, -0.1) is 6.58 Å². The number of nitrogens with one attached hydrogen (secondary N) is 1. The maximum absolute atomic E-state index is 12.0. The van der Waals surface area contributed by atoms with E-state index in [-0.39, 0.29) is 11.8 Å². The SMILES string of the molecule is C=CCN(CC)C(=O)C1CCNC1C. The monoisotopic (exact) mass is 196 g/mol. The van der Waals surface area contributed by atoms with E-state index in [2.05, 4.69) is 18.8 Å². The molecule has 1 heterocycles. The lowest BCUT2D eigenvalue weighted by Crippen LogP contribution is -2.40. The summed E-state index contributed by atoms with van der Waals surface area (Å²) in [5, 5.41) is 3.30. The van der Waals surface area contributed by atoms with Crippen LogP contribution in [-0.4, -0.2) is 36.5 Å². The van der Waals surface area contributed by atoms with Gasteiger partial charge in [0, 0.05) is 19.1 Å². The minimum absolute atomic E-state index is 0.162. The molecule has 0 bridgehead atoms. The van der Waals surface area contributed by atoms with Crippen LogP contribution in [0.15, 0.2) is 12.7 Å². The average Bonchev–Trinajstić information content (AvgIpc) is 2.59. The van der Waals surface area contributed by atoms with Crippen LogP contribution in [0.1, 0.15) is 20.3 Å². The lowest BCUT2D eigenvalue weighted by atomic mass is 10.0. The summed E-state index contributed by atoms with van der Waals surface area (Å²) in [4.78, 5) is 13.9. The first-order chi connectivity index (χ1) is 6.70. The smallest absolute Gasteiger partial charge is 0.227 e. The van der Waals surface area contributed by atoms with Crippen LogP contribution in [0.4, 0.5) is 0 Å². The number of likely N-dealkylation sites (N-methyl/N-ethyl adjacent to an activating group) is 1. The molecule has 1 saturated heterocycles. The van der Waals surface area contributed by atoms with Gasteiger partial charge < -0.3 is 10.2 Å². The minimum Gasteiger partial charge on any atom is -0.339 e. The van der Waals surface area contributed by atoms with Gasteiger partial charge in [0.05, 0.1) is 5.92 Å². The Labute approximate surface area is 86.2 Å². The number of carbonyl (C=O) groups is 1. The van der Waals surface area contributed by atoms with Crippen LogP contribution in [0.5, 0.6) is 0 Å². The van der Waals surface area contributed by atoms with Gasteiger partial charge in [-0.05, 0) is 26.8 Å². The summed E-state index contributed by atoms with van der Waals surface area (Å²) in [5.41, 5.74) is 0. The predicted molar refractivity (Wildman–Crippen MR) is 58.0 cm³/mol. The Bertz CT molecular complexity index is 215. The molecule has 1 amide bonds. The molecule has 0 aromatic carbocycles. The van der Waals surface area contributed by atoms with Crippen LogP contribution in [0.2, 0.25) is 0 Å². The highest BCUT2D eigenvalue weighted by Gasteiger charge is 2.31. The third-order valence-electron chi connectivity index (χ3n) is 2.89. The molecule has 14 heavy (non-hydrogen) atoms. The van der Waals surface area contributed by atoms with Crippen molar-refractivity contribution in [3.05, 3.63) is 12.7 Å². The van der Waals surface area contributed by atoms with E-state index in [0.29, 0.717) is 12.6 Å². The number of amides is 1. The Morgan fingerprint density at radius 2 is 2.43 bits per heavy atom. The summed E-state index contributed by atoms with van der Waals surface area (Å²) in [6.45, 7) is 10.2. The van der Waals surface area contributed by atoms with Crippen LogP contribution < -0.4 is 5.32 Å². The molecule has 3 nitrogen and oxygen atoms in total. The maximum atomic E-state index is 12.0. The van der Waals surface area contributed by atoms with Crippen molar-refractivity contribution in [3.8, 4) is 0 Å². The van der Waals surface area contributed by atoms with Gasteiger partial charge in [-0.1, -0.05) is 6.08 Å². The van der Waals surface area contributed by atoms with Gasteiger partial charge >= 0.3 is 0 Å². The normalized spacial score (nSPS) is 26.1. The number of hydrogen-bond acceptors (Lipinski definition) is 2. The Morgan fingerprint density at radius 1 is 1.71 bits per heavy atom. The fourth-order valence-electron chi connectivity index (χ4n) is 1.96. The van der Waals surface area contributed by atoms with E-state index in [9.17, 15) is 4.79 Å². The first-order valence-corrected chi connectivity index (χ1v) is 5.33. The lowest BCUT2D eigenvalue weighted by molar-refractivity contribution is -0.134. The van der Waals surface area contributed by atoms with Crippen LogP contribution in [-0.2, 0) is 4.79 Å². The number of carbonyl (C=O) groups excluding carboxylic acids is 1. The molecule has 0 spiro atoms. The molecule has 2 atom stereocenters. The summed E-state index contributed by atoms with van der Waals surface area (Å²) >= 11 is 0. The molecule has 2 unspecified atom stereocenters. The van der Waals surface area contributed by atoms with Crippen molar-refractivity contribution in [2.24, 2.45) is 5.92 Å². The standard InChI is InChI=1S/C11H20N2O/c1-4-8-13(5-2)11(14)10-6-7-12-9(10)3/h4,9-10,12H,1,5-8H2,2-3H3. The van der Waals surface area contributed by atoms with E-state index in [4.69, 9.17) is 0 Å². The van der Waals surface area contributed by atoms with Crippen molar-refractivity contribution >= 4 is 5.91 Å². The Hall–Kier alpha value is -0.830. The number of hydrogen-bond donors (Lipinski definition) is 1. The van der Waals surface area contributed by atoms with Crippen LogP contribution in [0, 0.1) is 5.92 Å². The van der Waals surface area contributed by atoms with Crippen molar-refractivity contribution in [1.82, 2.24) is 10.2 Å². The minimum atomic E-state index is 0.162. The zero-order valence-corrected chi connectivity index (χ0v) is 9.12. The summed E-state index contributed by atoms with van der Waals surface area (Å²) in [5.74, 6) is 0.430. The Balaban J connectivity index is 2.57. The third-order valence-corrected chi connectivity index (χ3v) is 2.89. The highest BCUT2D eigenvalue weighted by atomic mass is 16.2. The van der Waals surface area contributed by atoms with Gasteiger partial charge in [0.25, 0.3) is 0 Å². The molecule has 0 aromatic rings. The zero-order valence-electron chi connectivity index (χ0n) is 9.12. The molecule has 1 aliphatic heterocycles. The van der Waals surface area contributed by atoms with Crippen molar-refractivity contribution in [2.45, 2.75) is 26.3 Å². The topological polar surface area (TPSA) is 32.3 Å². The molecule has 80 valence electrons. The fourth-order valence-corrected chi connectivity index (χ4v) is 1.96. The van der Waals surface area contributed by atoms with E-state index in [1.807, 2.05) is 11.8 Å². The molecule has 0 aromatic heterocycles. The van der Waals surface area contributed by atoms with Gasteiger partial charge in [0.2, 0.25) is 5.91 Å². The average molecular weight is 196 g/mol. The van der Waals surface area contributed by atoms with E-state index in [1.165, 1.54) is 0 Å². The quantitative estimate of drug-likeness (QED) is 0.681. The van der Waals surface area contributed by atoms with Gasteiger partial charge in [-0.25, -0.2) is 0 Å². The van der Waals surface area contributed by atoms with Crippen LogP contribution >= 0.6 is 0 Å². The van der Waals surface area contributed by atoms with Gasteiger partial charge in [0.1, 0.15) is 0 Å². The van der Waals surface area contributed by atoms with Crippen molar-refractivity contribution in [3.63, 3.8) is 0 Å². The van der Waals surface area contributed by atoms with Gasteiger partial charge in [-0.3, -0.25) is 4.79 Å². The lowest BCUT2D eigenvalue weighted by Gasteiger charge is -2.24. The molecular weight excluding hydrogens is 176 g/mol. The maximum Gasteiger partial charge on any atom is 0.227 e. The second-order valence-electron chi connectivity index (χ2n) is 3.80. The molecule has 0 radical (unpaired) electrons. The molecule has 1 aliphatic rings. The first kappa shape index (κ1) is 11.2. The van der Waals surface area contributed by atoms with Gasteiger partial charge in [0.15, 0.2) is 0 Å². The van der Waals surface area contributed by atoms with Gasteiger partial charge in [-0.2, -0.15) is 0 Å². The Kier molecular flexibility index (Phi) is 4.14. The second-order valence-corrected chi connectivity index (χ2v) is 3.80. The molecule has 3 heteroatoms. The molecule has 1 rings (SSSR count). The van der Waals surface area contributed by atoms with Crippen LogP contribution in [0.25, 0.3) is 0 Å². The third kappa shape index (κ3) is 2.35. The predicted octanol–water partition coefficient (Wildman–Crippen LogP) is 1.02. The summed E-state index contributed by atoms with van der Waals surface area (Å²) in [6.07, 6.45) is 2.75. The summed E-state index contributed by atoms with van der Waals surface area (Å²) < 4.78 is 0. The highest BCUT2D eigenvalue weighted by Crippen LogP contribution is 2.17. The molecule has 1 N–H and O–H groups in total. The first-order valence-electron chi connectivity index (χ1n) is 5.33. The highest BCUT2D eigenvalue weighted by molar-refractivity contribution is 5.80. The van der Waals surface area contributed by atoms with E-state index < -0.39 is 0 Å². The summed E-state index contributed by atoms with van der Waals surface area (Å²) in [6, 6.07) is 0.321. The second kappa shape index (κ2) is 5.15. The number of rotatable bonds is 4. The fraction of sp³-hybridized carbons (Fsp3) is 0.727.